The Morgan fingerprint density at radius 3 is 2.86 bits per heavy atom. The number of aromatic nitrogens is 2. The maximum Gasteiger partial charge on any atom is 0.311 e. The number of benzene rings is 1. The maximum absolute atomic E-state index is 10.9. The van der Waals surface area contributed by atoms with Crippen molar-refractivity contribution in [3.05, 3.63) is 40.4 Å². The molecule has 0 amide bonds. The summed E-state index contributed by atoms with van der Waals surface area (Å²) in [5.74, 6) is 0.792. The van der Waals surface area contributed by atoms with Crippen molar-refractivity contribution in [1.82, 2.24) is 9.97 Å². The molecular formula is C13H15N5O3. The number of hydrogen-bond acceptors (Lipinski definition) is 7. The molecule has 21 heavy (non-hydrogen) atoms. The number of anilines is 2. The van der Waals surface area contributed by atoms with Crippen LogP contribution >= 0.6 is 0 Å². The summed E-state index contributed by atoms with van der Waals surface area (Å²) in [4.78, 5) is 18.4. The fourth-order valence-corrected chi connectivity index (χ4v) is 1.65. The summed E-state index contributed by atoms with van der Waals surface area (Å²) in [5, 5.41) is 14.0. The third kappa shape index (κ3) is 3.78. The van der Waals surface area contributed by atoms with Crippen LogP contribution in [0.25, 0.3) is 0 Å². The summed E-state index contributed by atoms with van der Waals surface area (Å²) in [5.41, 5.74) is 5.47. The highest BCUT2D eigenvalue weighted by molar-refractivity contribution is 5.49. The second kappa shape index (κ2) is 6.51. The lowest BCUT2D eigenvalue weighted by atomic mass is 10.3. The predicted molar refractivity (Wildman–Crippen MR) is 78.4 cm³/mol. The zero-order valence-corrected chi connectivity index (χ0v) is 11.4. The van der Waals surface area contributed by atoms with E-state index in [0.29, 0.717) is 5.82 Å². The second-order valence-corrected chi connectivity index (χ2v) is 4.20. The van der Waals surface area contributed by atoms with Crippen molar-refractivity contribution in [1.29, 1.82) is 0 Å². The van der Waals surface area contributed by atoms with Gasteiger partial charge < -0.3 is 15.8 Å². The number of ether oxygens (including phenoxy) is 1. The van der Waals surface area contributed by atoms with Gasteiger partial charge >= 0.3 is 5.69 Å². The molecule has 0 unspecified atom stereocenters. The van der Waals surface area contributed by atoms with E-state index in [0.717, 1.165) is 13.0 Å². The van der Waals surface area contributed by atoms with Crippen molar-refractivity contribution >= 4 is 17.5 Å². The molecule has 110 valence electrons. The minimum atomic E-state index is -0.518. The fourth-order valence-electron chi connectivity index (χ4n) is 1.65. The van der Waals surface area contributed by atoms with Crippen LogP contribution < -0.4 is 15.8 Å². The van der Waals surface area contributed by atoms with Gasteiger partial charge in [-0.1, -0.05) is 19.1 Å². The monoisotopic (exact) mass is 289 g/mol. The van der Waals surface area contributed by atoms with Crippen LogP contribution in [0.4, 0.5) is 17.5 Å². The fraction of sp³-hybridized carbons (Fsp3) is 0.231. The van der Waals surface area contributed by atoms with E-state index in [1.165, 1.54) is 12.1 Å². The topological polar surface area (TPSA) is 116 Å². The molecule has 0 aliphatic carbocycles. The molecule has 1 aromatic carbocycles. The van der Waals surface area contributed by atoms with Crippen LogP contribution in [0.1, 0.15) is 13.3 Å². The van der Waals surface area contributed by atoms with E-state index in [2.05, 4.69) is 15.3 Å². The third-order valence-electron chi connectivity index (χ3n) is 2.55. The molecule has 0 fully saturated rings. The highest BCUT2D eigenvalue weighted by Gasteiger charge is 2.15. The summed E-state index contributed by atoms with van der Waals surface area (Å²) in [6.45, 7) is 2.74. The van der Waals surface area contributed by atoms with Crippen LogP contribution in [0, 0.1) is 10.1 Å². The Labute approximate surface area is 121 Å². The van der Waals surface area contributed by atoms with Gasteiger partial charge in [0.15, 0.2) is 0 Å². The van der Waals surface area contributed by atoms with Gasteiger partial charge in [0.25, 0.3) is 0 Å². The highest BCUT2D eigenvalue weighted by Crippen LogP contribution is 2.30. The van der Waals surface area contributed by atoms with Crippen molar-refractivity contribution < 1.29 is 9.66 Å². The molecule has 0 spiro atoms. The average molecular weight is 289 g/mol. The largest absolute Gasteiger partial charge is 0.432 e. The standard InChI is InChI=1S/C13H15N5O3/c1-2-7-15-11-8-12(17-13(14)16-11)21-10-6-4-3-5-9(10)18(19)20/h3-6,8H,2,7H2,1H3,(H3,14,15,16,17). The minimum absolute atomic E-state index is 0.0321. The van der Waals surface area contributed by atoms with E-state index in [1.807, 2.05) is 6.92 Å². The molecule has 0 aliphatic heterocycles. The number of nitrogens with two attached hydrogens (primary N) is 1. The van der Waals surface area contributed by atoms with Crippen LogP contribution in [0.2, 0.25) is 0 Å². The Hall–Kier alpha value is -2.90. The van der Waals surface area contributed by atoms with Gasteiger partial charge in [0.1, 0.15) is 5.82 Å². The first-order chi connectivity index (χ1) is 10.1. The van der Waals surface area contributed by atoms with Crippen LogP contribution in [-0.2, 0) is 0 Å². The number of hydrogen-bond donors (Lipinski definition) is 2. The van der Waals surface area contributed by atoms with Crippen LogP contribution in [0.3, 0.4) is 0 Å². The molecule has 0 aliphatic rings. The SMILES string of the molecule is CCCNc1cc(Oc2ccccc2[N+](=O)[O-])nc(N)n1. The van der Waals surface area contributed by atoms with Gasteiger partial charge in [-0.3, -0.25) is 10.1 Å². The first kappa shape index (κ1) is 14.5. The Kier molecular flexibility index (Phi) is 4.50. The Balaban J connectivity index is 2.27. The quantitative estimate of drug-likeness (QED) is 0.620. The molecule has 0 bridgehead atoms. The second-order valence-electron chi connectivity index (χ2n) is 4.20. The molecule has 2 rings (SSSR count). The van der Waals surface area contributed by atoms with Crippen molar-refractivity contribution in [3.63, 3.8) is 0 Å². The summed E-state index contributed by atoms with van der Waals surface area (Å²) in [7, 11) is 0. The first-order valence-corrected chi connectivity index (χ1v) is 6.40. The number of nitro benzene ring substituents is 1. The molecule has 1 aromatic heterocycles. The van der Waals surface area contributed by atoms with Gasteiger partial charge in [-0.15, -0.1) is 0 Å². The third-order valence-corrected chi connectivity index (χ3v) is 2.55. The lowest BCUT2D eigenvalue weighted by Crippen LogP contribution is -2.06. The van der Waals surface area contributed by atoms with E-state index in [9.17, 15) is 10.1 Å². The molecule has 8 heteroatoms. The highest BCUT2D eigenvalue weighted by atomic mass is 16.6. The lowest BCUT2D eigenvalue weighted by Gasteiger charge is -2.08. The number of nitro groups is 1. The lowest BCUT2D eigenvalue weighted by molar-refractivity contribution is -0.385. The average Bonchev–Trinajstić information content (AvgIpc) is 2.45. The molecule has 0 saturated heterocycles. The molecule has 0 saturated carbocycles. The van der Waals surface area contributed by atoms with Crippen molar-refractivity contribution in [3.8, 4) is 11.6 Å². The number of nitrogens with one attached hydrogen (secondary N) is 1. The van der Waals surface area contributed by atoms with E-state index < -0.39 is 4.92 Å². The van der Waals surface area contributed by atoms with E-state index in [-0.39, 0.29) is 23.3 Å². The van der Waals surface area contributed by atoms with Gasteiger partial charge in [-0.05, 0) is 12.5 Å². The first-order valence-electron chi connectivity index (χ1n) is 6.40. The number of rotatable bonds is 6. The summed E-state index contributed by atoms with van der Waals surface area (Å²) in [6.07, 6.45) is 0.921. The molecule has 2 aromatic rings. The summed E-state index contributed by atoms with van der Waals surface area (Å²) >= 11 is 0. The van der Waals surface area contributed by atoms with Gasteiger partial charge in [-0.25, -0.2) is 0 Å². The Morgan fingerprint density at radius 1 is 1.38 bits per heavy atom. The number of nitrogen functional groups attached to an aromatic ring is 1. The summed E-state index contributed by atoms with van der Waals surface area (Å²) in [6, 6.07) is 7.60. The van der Waals surface area contributed by atoms with Gasteiger partial charge in [0.2, 0.25) is 17.6 Å². The maximum atomic E-state index is 10.9. The summed E-state index contributed by atoms with van der Waals surface area (Å²) < 4.78 is 5.46. The molecule has 3 N–H and O–H groups in total. The Morgan fingerprint density at radius 2 is 2.14 bits per heavy atom. The van der Waals surface area contributed by atoms with Crippen molar-refractivity contribution in [2.24, 2.45) is 0 Å². The van der Waals surface area contributed by atoms with Crippen molar-refractivity contribution in [2.75, 3.05) is 17.6 Å². The number of para-hydroxylation sites is 2. The van der Waals surface area contributed by atoms with Gasteiger partial charge in [0.05, 0.1) is 4.92 Å². The van der Waals surface area contributed by atoms with Crippen LogP contribution in [-0.4, -0.2) is 21.4 Å². The van der Waals surface area contributed by atoms with Gasteiger partial charge in [0, 0.05) is 18.7 Å². The van der Waals surface area contributed by atoms with Crippen molar-refractivity contribution in [2.45, 2.75) is 13.3 Å². The Bertz CT molecular complexity index is 647. The zero-order chi connectivity index (χ0) is 15.2. The molecule has 0 atom stereocenters. The number of nitrogens with zero attached hydrogens (tertiary/aromatic N) is 3. The molecular weight excluding hydrogens is 274 g/mol. The van der Waals surface area contributed by atoms with Crippen LogP contribution in [0.15, 0.2) is 30.3 Å². The molecule has 1 heterocycles. The van der Waals surface area contributed by atoms with Gasteiger partial charge in [-0.2, -0.15) is 9.97 Å². The smallest absolute Gasteiger partial charge is 0.311 e. The molecule has 0 radical (unpaired) electrons. The molecule has 8 nitrogen and oxygen atoms in total. The predicted octanol–water partition coefficient (Wildman–Crippen LogP) is 2.58. The van der Waals surface area contributed by atoms with E-state index >= 15 is 0 Å². The zero-order valence-electron chi connectivity index (χ0n) is 11.4. The van der Waals surface area contributed by atoms with E-state index in [1.54, 1.807) is 18.2 Å². The minimum Gasteiger partial charge on any atom is -0.432 e. The normalized spacial score (nSPS) is 10.1. The van der Waals surface area contributed by atoms with E-state index in [4.69, 9.17) is 10.5 Å². The van der Waals surface area contributed by atoms with Crippen LogP contribution in [0.5, 0.6) is 11.6 Å².